The minimum absolute atomic E-state index is 0. The molecule has 4 heteroatoms. The second kappa shape index (κ2) is 20.5. The van der Waals surface area contributed by atoms with Crippen molar-refractivity contribution in [1.82, 2.24) is 0 Å². The molecule has 0 saturated carbocycles. The van der Waals surface area contributed by atoms with Crippen molar-refractivity contribution in [2.24, 2.45) is 0 Å². The van der Waals surface area contributed by atoms with E-state index < -0.39 is 0 Å². The summed E-state index contributed by atoms with van der Waals surface area (Å²) in [5, 5.41) is 0. The van der Waals surface area contributed by atoms with Crippen LogP contribution in [0.2, 0.25) is 0 Å². The van der Waals surface area contributed by atoms with Gasteiger partial charge in [0, 0.05) is 58.3 Å². The Balaban J connectivity index is 0. The molecule has 0 aliphatic rings. The zero-order chi connectivity index (χ0) is 0. The Kier molecular flexibility index (Phi) is 199. The van der Waals surface area contributed by atoms with Gasteiger partial charge in [0.05, 0.1) is 8.41 Å². The average Bonchev–Trinajstić information content (AvgIpc) is 0. The van der Waals surface area contributed by atoms with Gasteiger partial charge in [-0.2, -0.15) is 0 Å². The molecule has 0 rings (SSSR count). The summed E-state index contributed by atoms with van der Waals surface area (Å²) in [6.07, 6.45) is 0. The first-order valence-electron chi connectivity index (χ1n) is 0. The van der Waals surface area contributed by atoms with Crippen LogP contribution in [0.25, 0.3) is 0 Å². The predicted molar refractivity (Wildman–Crippen MR) is 9.94 cm³/mol. The first-order valence-corrected chi connectivity index (χ1v) is 0. The van der Waals surface area contributed by atoms with Crippen molar-refractivity contribution in [1.29, 1.82) is 0 Å². The molecular weight excluding hydrogens is 188 g/mol. The summed E-state index contributed by atoms with van der Waals surface area (Å²) < 4.78 is 0. The van der Waals surface area contributed by atoms with E-state index in [0.29, 0.717) is 0 Å². The second-order valence-electron chi connectivity index (χ2n) is 0. The molecule has 0 N–H and O–H groups in total. The average molecular weight is 191 g/mol. The monoisotopic (exact) mass is 189 g/mol. The van der Waals surface area contributed by atoms with Crippen molar-refractivity contribution in [3.8, 4) is 0 Å². The molecule has 4 heavy (non-hydrogen) atoms. The predicted octanol–water partition coefficient (Wildman–Crippen LogP) is -1.19. The Hall–Kier alpha value is 1.92. The number of rotatable bonds is 0. The van der Waals surface area contributed by atoms with Gasteiger partial charge in [0.1, 0.15) is 0 Å². The van der Waals surface area contributed by atoms with Crippen molar-refractivity contribution in [2.45, 2.75) is 0 Å². The SMILES string of the molecule is B.[Cu].[Ti].[Zn]. The summed E-state index contributed by atoms with van der Waals surface area (Å²) in [7, 11) is 0. The van der Waals surface area contributed by atoms with Crippen LogP contribution in [0.15, 0.2) is 0 Å². The number of hydrogen-bond donors (Lipinski definition) is 0. The zero-order valence-corrected chi connectivity index (χ0v) is 6.98. The van der Waals surface area contributed by atoms with Crippen molar-refractivity contribution >= 4 is 8.41 Å². The fourth-order valence-electron chi connectivity index (χ4n) is 0. The normalized spacial score (nSPS) is 0. The molecule has 1 radical (unpaired) electrons. The van der Waals surface area contributed by atoms with E-state index in [1.165, 1.54) is 0 Å². The van der Waals surface area contributed by atoms with Gasteiger partial charge in [-0.25, -0.2) is 0 Å². The van der Waals surface area contributed by atoms with Gasteiger partial charge in [0.15, 0.2) is 0 Å². The third-order valence-electron chi connectivity index (χ3n) is 0. The third-order valence-corrected chi connectivity index (χ3v) is 0. The number of hydrogen-bond acceptors (Lipinski definition) is 0. The van der Waals surface area contributed by atoms with E-state index in [9.17, 15) is 0 Å². The molecule has 0 aromatic carbocycles. The van der Waals surface area contributed by atoms with Gasteiger partial charge in [-0.1, -0.05) is 0 Å². The van der Waals surface area contributed by atoms with Crippen molar-refractivity contribution in [3.05, 3.63) is 0 Å². The molecule has 0 bridgehead atoms. The van der Waals surface area contributed by atoms with E-state index in [-0.39, 0.29) is 66.7 Å². The molecular formula is H3BCuTiZn. The zero-order valence-electron chi connectivity index (χ0n) is 1.51. The molecule has 0 nitrogen and oxygen atoms in total. The molecule has 0 unspecified atom stereocenters. The molecule has 0 amide bonds. The fourth-order valence-corrected chi connectivity index (χ4v) is 0. The molecule has 0 spiro atoms. The van der Waals surface area contributed by atoms with E-state index in [1.807, 2.05) is 0 Å². The maximum atomic E-state index is 0. The minimum atomic E-state index is 0. The molecule has 0 saturated heterocycles. The second-order valence-corrected chi connectivity index (χ2v) is 0. The minimum Gasteiger partial charge on any atom is 0 e. The molecule has 0 aliphatic carbocycles. The summed E-state index contributed by atoms with van der Waals surface area (Å²) in [5.74, 6) is 0. The van der Waals surface area contributed by atoms with Crippen LogP contribution in [-0.2, 0) is 58.3 Å². The first kappa shape index (κ1) is 38.8. The molecule has 0 aromatic rings. The van der Waals surface area contributed by atoms with Gasteiger partial charge < -0.3 is 0 Å². The summed E-state index contributed by atoms with van der Waals surface area (Å²) in [6, 6.07) is 0. The Morgan fingerprint density at radius 2 is 1.00 bits per heavy atom. The van der Waals surface area contributed by atoms with Crippen LogP contribution in [0.5, 0.6) is 0 Å². The van der Waals surface area contributed by atoms with E-state index >= 15 is 0 Å². The van der Waals surface area contributed by atoms with E-state index in [4.69, 9.17) is 0 Å². The van der Waals surface area contributed by atoms with E-state index in [1.54, 1.807) is 0 Å². The smallest absolute Gasteiger partial charge is 0 e. The summed E-state index contributed by atoms with van der Waals surface area (Å²) in [5.41, 5.74) is 0. The molecule has 0 heterocycles. The molecule has 23 valence electrons. The fraction of sp³-hybridized carbons (Fsp3) is 0. The quantitative estimate of drug-likeness (QED) is 0.422. The van der Waals surface area contributed by atoms with Gasteiger partial charge in [0.2, 0.25) is 0 Å². The molecule has 0 aromatic heterocycles. The standard InChI is InChI=1S/BH3.Cu.Ti.Zn/h1H3;;;. The Bertz CT molecular complexity index is 8.00. The maximum absolute atomic E-state index is 0. The largest absolute Gasteiger partial charge is 0.0814 e. The van der Waals surface area contributed by atoms with Crippen LogP contribution in [0.1, 0.15) is 0 Å². The van der Waals surface area contributed by atoms with Gasteiger partial charge in [-0.3, -0.25) is 0 Å². The van der Waals surface area contributed by atoms with Crippen LogP contribution in [-0.4, -0.2) is 8.41 Å². The van der Waals surface area contributed by atoms with Crippen LogP contribution >= 0.6 is 0 Å². The van der Waals surface area contributed by atoms with Gasteiger partial charge in [-0.15, -0.1) is 0 Å². The topological polar surface area (TPSA) is 0 Å². The van der Waals surface area contributed by atoms with Gasteiger partial charge in [0.25, 0.3) is 0 Å². The summed E-state index contributed by atoms with van der Waals surface area (Å²) in [6.45, 7) is 0. The van der Waals surface area contributed by atoms with Gasteiger partial charge >= 0.3 is 0 Å². The molecule has 0 aliphatic heterocycles. The first-order chi connectivity index (χ1) is 0. The van der Waals surface area contributed by atoms with Crippen molar-refractivity contribution in [2.75, 3.05) is 0 Å². The van der Waals surface area contributed by atoms with Gasteiger partial charge in [-0.05, 0) is 0 Å². The molecule has 0 atom stereocenters. The van der Waals surface area contributed by atoms with E-state index in [0.717, 1.165) is 0 Å². The Morgan fingerprint density at radius 1 is 1.00 bits per heavy atom. The van der Waals surface area contributed by atoms with Crippen molar-refractivity contribution < 1.29 is 58.3 Å². The van der Waals surface area contributed by atoms with E-state index in [2.05, 4.69) is 0 Å². The Morgan fingerprint density at radius 3 is 1.00 bits per heavy atom. The van der Waals surface area contributed by atoms with Crippen LogP contribution in [0.3, 0.4) is 0 Å². The van der Waals surface area contributed by atoms with Crippen molar-refractivity contribution in [3.63, 3.8) is 0 Å². The third kappa shape index (κ3) is 9.06. The van der Waals surface area contributed by atoms with Crippen LogP contribution < -0.4 is 0 Å². The Labute approximate surface area is 66.2 Å². The van der Waals surface area contributed by atoms with Crippen LogP contribution in [0, 0.1) is 0 Å². The summed E-state index contributed by atoms with van der Waals surface area (Å²) in [4.78, 5) is 0. The maximum Gasteiger partial charge on any atom is 0.0814 e. The summed E-state index contributed by atoms with van der Waals surface area (Å²) >= 11 is 0. The van der Waals surface area contributed by atoms with Crippen LogP contribution in [0.4, 0.5) is 0 Å². The molecule has 0 fully saturated rings.